The third kappa shape index (κ3) is 3.72. The number of rotatable bonds is 7. The fraction of sp³-hybridized carbons (Fsp3) is 0.867. The first kappa shape index (κ1) is 17.0. The minimum atomic E-state index is -0.759. The van der Waals surface area contributed by atoms with E-state index < -0.39 is 11.6 Å². The van der Waals surface area contributed by atoms with Gasteiger partial charge in [-0.05, 0) is 32.6 Å². The molecule has 20 heavy (non-hydrogen) atoms. The van der Waals surface area contributed by atoms with Gasteiger partial charge in [-0.25, -0.2) is 0 Å². The maximum absolute atomic E-state index is 12.3. The number of carbonyl (C=O) groups excluding carboxylic acids is 2. The summed E-state index contributed by atoms with van der Waals surface area (Å²) in [7, 11) is 0. The van der Waals surface area contributed by atoms with E-state index in [1.54, 1.807) is 11.8 Å². The highest BCUT2D eigenvalue weighted by atomic mass is 16.5. The monoisotopic (exact) mass is 284 g/mol. The van der Waals surface area contributed by atoms with E-state index in [0.29, 0.717) is 32.1 Å². The number of hydrogen-bond donors (Lipinski definition) is 1. The van der Waals surface area contributed by atoms with E-state index in [4.69, 9.17) is 4.74 Å². The van der Waals surface area contributed by atoms with Crippen LogP contribution in [0.2, 0.25) is 0 Å². The first-order valence-electron chi connectivity index (χ1n) is 7.53. The third-order valence-electron chi connectivity index (χ3n) is 4.06. The third-order valence-corrected chi connectivity index (χ3v) is 4.06. The van der Waals surface area contributed by atoms with E-state index in [2.05, 4.69) is 19.2 Å². The van der Waals surface area contributed by atoms with Crippen LogP contribution in [-0.2, 0) is 14.3 Å². The Morgan fingerprint density at radius 2 is 2.00 bits per heavy atom. The molecular weight excluding hydrogens is 256 g/mol. The Balaban J connectivity index is 2.58. The van der Waals surface area contributed by atoms with Gasteiger partial charge in [0.05, 0.1) is 6.61 Å². The largest absolute Gasteiger partial charge is 0.380 e. The average molecular weight is 284 g/mol. The molecule has 0 aromatic heterocycles. The van der Waals surface area contributed by atoms with Gasteiger partial charge in [0, 0.05) is 13.2 Å². The van der Waals surface area contributed by atoms with Crippen LogP contribution in [0.5, 0.6) is 0 Å². The van der Waals surface area contributed by atoms with Crippen molar-refractivity contribution in [2.24, 2.45) is 5.92 Å². The van der Waals surface area contributed by atoms with E-state index in [-0.39, 0.29) is 11.8 Å². The summed E-state index contributed by atoms with van der Waals surface area (Å²) in [5, 5.41) is 2.75. The fourth-order valence-corrected chi connectivity index (χ4v) is 2.30. The lowest BCUT2D eigenvalue weighted by molar-refractivity contribution is -0.157. The first-order valence-corrected chi connectivity index (χ1v) is 7.53. The van der Waals surface area contributed by atoms with E-state index >= 15 is 0 Å². The van der Waals surface area contributed by atoms with Crippen molar-refractivity contribution in [3.63, 3.8) is 0 Å². The van der Waals surface area contributed by atoms with Crippen LogP contribution in [0.4, 0.5) is 0 Å². The highest BCUT2D eigenvalue weighted by molar-refractivity contribution is 5.99. The second-order valence-corrected chi connectivity index (χ2v) is 6.11. The SMILES string of the molecule is CCC1(C)C(=O)NC(C)C(=O)N1CCOCCC(C)C. The van der Waals surface area contributed by atoms with Gasteiger partial charge in [0.25, 0.3) is 0 Å². The van der Waals surface area contributed by atoms with Crippen LogP contribution in [-0.4, -0.2) is 48.1 Å². The van der Waals surface area contributed by atoms with E-state index in [0.717, 1.165) is 6.42 Å². The Morgan fingerprint density at radius 1 is 1.35 bits per heavy atom. The van der Waals surface area contributed by atoms with Crippen LogP contribution in [0.15, 0.2) is 0 Å². The molecule has 0 saturated carbocycles. The van der Waals surface area contributed by atoms with Crippen molar-refractivity contribution >= 4 is 11.8 Å². The number of nitrogens with zero attached hydrogens (tertiary/aromatic N) is 1. The van der Waals surface area contributed by atoms with Crippen LogP contribution in [0, 0.1) is 5.92 Å². The van der Waals surface area contributed by atoms with Crippen molar-refractivity contribution in [1.82, 2.24) is 10.2 Å². The molecule has 0 spiro atoms. The minimum Gasteiger partial charge on any atom is -0.380 e. The molecule has 2 amide bonds. The van der Waals surface area contributed by atoms with Crippen molar-refractivity contribution < 1.29 is 14.3 Å². The molecule has 5 nitrogen and oxygen atoms in total. The molecule has 1 heterocycles. The van der Waals surface area contributed by atoms with Crippen LogP contribution in [0.25, 0.3) is 0 Å². The maximum Gasteiger partial charge on any atom is 0.246 e. The van der Waals surface area contributed by atoms with Gasteiger partial charge in [0.2, 0.25) is 11.8 Å². The minimum absolute atomic E-state index is 0.0265. The van der Waals surface area contributed by atoms with Gasteiger partial charge in [0.1, 0.15) is 11.6 Å². The predicted molar refractivity (Wildman–Crippen MR) is 78.3 cm³/mol. The Bertz CT molecular complexity index is 357. The second kappa shape index (κ2) is 7.07. The van der Waals surface area contributed by atoms with Crippen molar-refractivity contribution in [1.29, 1.82) is 0 Å². The highest BCUT2D eigenvalue weighted by Crippen LogP contribution is 2.24. The molecule has 1 aliphatic rings. The summed E-state index contributed by atoms with van der Waals surface area (Å²) in [6, 6.07) is -0.446. The zero-order chi connectivity index (χ0) is 15.3. The predicted octanol–water partition coefficient (Wildman–Crippen LogP) is 1.56. The topological polar surface area (TPSA) is 58.6 Å². The lowest BCUT2D eigenvalue weighted by Gasteiger charge is -2.45. The first-order chi connectivity index (χ1) is 9.32. The van der Waals surface area contributed by atoms with Crippen LogP contribution in [0.1, 0.15) is 47.5 Å². The quantitative estimate of drug-likeness (QED) is 0.722. The molecule has 0 aromatic rings. The molecule has 0 aromatic carbocycles. The Labute approximate surface area is 122 Å². The summed E-state index contributed by atoms with van der Waals surface area (Å²) in [5.41, 5.74) is -0.759. The molecule has 2 atom stereocenters. The Kier molecular flexibility index (Phi) is 5.99. The van der Waals surface area contributed by atoms with Crippen LogP contribution >= 0.6 is 0 Å². The smallest absolute Gasteiger partial charge is 0.246 e. The highest BCUT2D eigenvalue weighted by Gasteiger charge is 2.46. The number of piperazine rings is 1. The van der Waals surface area contributed by atoms with Crippen molar-refractivity contribution in [2.75, 3.05) is 19.8 Å². The van der Waals surface area contributed by atoms with Gasteiger partial charge in [-0.15, -0.1) is 0 Å². The lowest BCUT2D eigenvalue weighted by Crippen LogP contribution is -2.69. The molecule has 0 aliphatic carbocycles. The maximum atomic E-state index is 12.3. The van der Waals surface area contributed by atoms with Gasteiger partial charge in [-0.1, -0.05) is 20.8 Å². The van der Waals surface area contributed by atoms with Crippen molar-refractivity contribution in [3.8, 4) is 0 Å². The molecule has 1 saturated heterocycles. The summed E-state index contributed by atoms with van der Waals surface area (Å²) >= 11 is 0. The number of hydrogen-bond acceptors (Lipinski definition) is 3. The molecule has 0 bridgehead atoms. The molecule has 1 aliphatic heterocycles. The lowest BCUT2D eigenvalue weighted by atomic mass is 9.91. The van der Waals surface area contributed by atoms with Gasteiger partial charge in [-0.3, -0.25) is 9.59 Å². The summed E-state index contributed by atoms with van der Waals surface area (Å²) in [6.07, 6.45) is 1.61. The van der Waals surface area contributed by atoms with Crippen LogP contribution in [0.3, 0.4) is 0 Å². The summed E-state index contributed by atoms with van der Waals surface area (Å²) < 4.78 is 5.58. The zero-order valence-corrected chi connectivity index (χ0v) is 13.4. The summed E-state index contributed by atoms with van der Waals surface area (Å²) in [6.45, 7) is 11.4. The molecule has 116 valence electrons. The molecule has 2 unspecified atom stereocenters. The standard InChI is InChI=1S/C15H28N2O3/c1-6-15(5)14(19)16-12(4)13(18)17(15)8-10-20-9-7-11(2)3/h11-12H,6-10H2,1-5H3,(H,16,19). The van der Waals surface area contributed by atoms with Gasteiger partial charge in [-0.2, -0.15) is 0 Å². The number of ether oxygens (including phenoxy) is 1. The molecule has 1 fully saturated rings. The van der Waals surface area contributed by atoms with E-state index in [9.17, 15) is 9.59 Å². The molecule has 1 N–H and O–H groups in total. The fourth-order valence-electron chi connectivity index (χ4n) is 2.30. The molecule has 1 rings (SSSR count). The van der Waals surface area contributed by atoms with E-state index in [1.807, 2.05) is 13.8 Å². The normalized spacial score (nSPS) is 27.1. The van der Waals surface area contributed by atoms with Crippen molar-refractivity contribution in [2.45, 2.75) is 59.0 Å². The molecule has 0 radical (unpaired) electrons. The molecular formula is C15H28N2O3. The second-order valence-electron chi connectivity index (χ2n) is 6.11. The number of nitrogens with one attached hydrogen (secondary N) is 1. The van der Waals surface area contributed by atoms with Gasteiger partial charge < -0.3 is 15.0 Å². The number of carbonyl (C=O) groups is 2. The Morgan fingerprint density at radius 3 is 2.55 bits per heavy atom. The number of amides is 2. The summed E-state index contributed by atoms with van der Waals surface area (Å²) in [5.74, 6) is 0.508. The average Bonchev–Trinajstić information content (AvgIpc) is 2.39. The summed E-state index contributed by atoms with van der Waals surface area (Å²) in [4.78, 5) is 26.1. The van der Waals surface area contributed by atoms with Gasteiger partial charge in [0.15, 0.2) is 0 Å². The zero-order valence-electron chi connectivity index (χ0n) is 13.4. The molecule has 5 heteroatoms. The van der Waals surface area contributed by atoms with Gasteiger partial charge >= 0.3 is 0 Å². The van der Waals surface area contributed by atoms with Crippen LogP contribution < -0.4 is 5.32 Å². The van der Waals surface area contributed by atoms with E-state index in [1.165, 1.54) is 0 Å². The van der Waals surface area contributed by atoms with Crippen molar-refractivity contribution in [3.05, 3.63) is 0 Å². The Hall–Kier alpha value is -1.10.